The molecule has 2 atom stereocenters. The number of hydrogen-bond donors (Lipinski definition) is 1. The number of Topliss-reactive ketones (excluding diaryl/α,β-unsaturated/α-hetero) is 1. The molecule has 1 fully saturated rings. The van der Waals surface area contributed by atoms with Crippen LogP contribution in [0.3, 0.4) is 0 Å². The molecule has 114 valence electrons. The molecule has 22 heavy (non-hydrogen) atoms. The number of nitrogens with one attached hydrogen (secondary N) is 1. The van der Waals surface area contributed by atoms with Crippen LogP contribution in [-0.2, 0) is 9.59 Å². The van der Waals surface area contributed by atoms with Gasteiger partial charge in [0.2, 0.25) is 5.78 Å². The number of aromatic nitrogens is 2. The lowest BCUT2D eigenvalue weighted by molar-refractivity contribution is -0.131. The molecule has 0 bridgehead atoms. The first-order valence-corrected chi connectivity index (χ1v) is 6.99. The van der Waals surface area contributed by atoms with Crippen molar-refractivity contribution >= 4 is 23.0 Å². The molecule has 1 aliphatic heterocycles. The SMILES string of the molecule is O=CC(=O)C1CCC(n2cnc3cc(F)ccc3c2=O)CN1. The van der Waals surface area contributed by atoms with Crippen LogP contribution >= 0.6 is 0 Å². The van der Waals surface area contributed by atoms with Crippen molar-refractivity contribution in [2.75, 3.05) is 6.54 Å². The largest absolute Gasteiger partial charge is 0.305 e. The molecular weight excluding hydrogens is 289 g/mol. The quantitative estimate of drug-likeness (QED) is 0.663. The molecule has 2 unspecified atom stereocenters. The van der Waals surface area contributed by atoms with E-state index in [2.05, 4.69) is 10.3 Å². The Kier molecular flexibility index (Phi) is 3.81. The Morgan fingerprint density at radius 2 is 2.23 bits per heavy atom. The fourth-order valence-corrected chi connectivity index (χ4v) is 2.77. The van der Waals surface area contributed by atoms with Crippen LogP contribution in [0.15, 0.2) is 29.3 Å². The summed E-state index contributed by atoms with van der Waals surface area (Å²) in [5.74, 6) is -0.912. The van der Waals surface area contributed by atoms with Gasteiger partial charge in [0.1, 0.15) is 5.82 Å². The number of ketones is 1. The highest BCUT2D eigenvalue weighted by molar-refractivity contribution is 6.27. The Balaban J connectivity index is 1.87. The molecule has 0 spiro atoms. The highest BCUT2D eigenvalue weighted by Gasteiger charge is 2.26. The number of carbonyl (C=O) groups excluding carboxylic acids is 2. The highest BCUT2D eigenvalue weighted by atomic mass is 19.1. The molecule has 1 saturated heterocycles. The van der Waals surface area contributed by atoms with Crippen LogP contribution in [0.4, 0.5) is 4.39 Å². The fourth-order valence-electron chi connectivity index (χ4n) is 2.77. The molecule has 3 rings (SSSR count). The second kappa shape index (κ2) is 5.76. The van der Waals surface area contributed by atoms with Gasteiger partial charge in [-0.3, -0.25) is 19.0 Å². The van der Waals surface area contributed by atoms with E-state index in [1.54, 1.807) is 0 Å². The lowest BCUT2D eigenvalue weighted by atomic mass is 9.98. The number of carbonyl (C=O) groups is 2. The summed E-state index contributed by atoms with van der Waals surface area (Å²) in [4.78, 5) is 38.4. The number of piperidine rings is 1. The Bertz CT molecular complexity index is 794. The van der Waals surface area contributed by atoms with Crippen LogP contribution in [0.2, 0.25) is 0 Å². The van der Waals surface area contributed by atoms with Gasteiger partial charge in [0, 0.05) is 12.6 Å². The molecule has 0 saturated carbocycles. The zero-order valence-corrected chi connectivity index (χ0v) is 11.7. The van der Waals surface area contributed by atoms with Gasteiger partial charge in [0.15, 0.2) is 6.29 Å². The van der Waals surface area contributed by atoms with Gasteiger partial charge in [-0.25, -0.2) is 9.37 Å². The standard InChI is InChI=1S/C15H14FN3O3/c16-9-1-3-11-13(5-9)18-8-19(15(11)22)10-2-4-12(17-6-10)14(21)7-20/h1,3,5,7-8,10,12,17H,2,4,6H2. The molecule has 6 nitrogen and oxygen atoms in total. The van der Waals surface area contributed by atoms with E-state index in [0.717, 1.165) is 0 Å². The summed E-state index contributed by atoms with van der Waals surface area (Å²) in [5, 5.41) is 3.33. The van der Waals surface area contributed by atoms with Crippen LogP contribution in [0.25, 0.3) is 10.9 Å². The van der Waals surface area contributed by atoms with Gasteiger partial charge < -0.3 is 5.32 Å². The molecule has 0 radical (unpaired) electrons. The van der Waals surface area contributed by atoms with E-state index >= 15 is 0 Å². The molecule has 1 N–H and O–H groups in total. The van der Waals surface area contributed by atoms with E-state index < -0.39 is 17.6 Å². The van der Waals surface area contributed by atoms with E-state index in [9.17, 15) is 18.8 Å². The number of rotatable bonds is 3. The predicted molar refractivity (Wildman–Crippen MR) is 77.1 cm³/mol. The van der Waals surface area contributed by atoms with Crippen molar-refractivity contribution in [3.8, 4) is 0 Å². The van der Waals surface area contributed by atoms with Gasteiger partial charge in [-0.15, -0.1) is 0 Å². The maximum absolute atomic E-state index is 13.2. The minimum Gasteiger partial charge on any atom is -0.305 e. The van der Waals surface area contributed by atoms with E-state index in [0.29, 0.717) is 36.6 Å². The first-order chi connectivity index (χ1) is 10.6. The highest BCUT2D eigenvalue weighted by Crippen LogP contribution is 2.19. The van der Waals surface area contributed by atoms with E-state index in [4.69, 9.17) is 0 Å². The summed E-state index contributed by atoms with van der Waals surface area (Å²) >= 11 is 0. The molecule has 0 amide bonds. The molecular formula is C15H14FN3O3. The van der Waals surface area contributed by atoms with E-state index in [1.807, 2.05) is 0 Å². The maximum Gasteiger partial charge on any atom is 0.261 e. The first-order valence-electron chi connectivity index (χ1n) is 6.99. The molecule has 2 aromatic rings. The molecule has 1 aromatic carbocycles. The van der Waals surface area contributed by atoms with Crippen molar-refractivity contribution < 1.29 is 14.0 Å². The normalized spacial score (nSPS) is 21.7. The Labute approximate surface area is 125 Å². The van der Waals surface area contributed by atoms with Crippen LogP contribution < -0.4 is 10.9 Å². The van der Waals surface area contributed by atoms with E-state index in [-0.39, 0.29) is 11.6 Å². The number of benzene rings is 1. The summed E-state index contributed by atoms with van der Waals surface area (Å²) in [6.45, 7) is 0.401. The van der Waals surface area contributed by atoms with Gasteiger partial charge in [0.25, 0.3) is 5.56 Å². The molecule has 1 aliphatic rings. The maximum atomic E-state index is 13.2. The Morgan fingerprint density at radius 3 is 2.91 bits per heavy atom. The van der Waals surface area contributed by atoms with Crippen LogP contribution in [0.1, 0.15) is 18.9 Å². The third-order valence-electron chi connectivity index (χ3n) is 3.99. The van der Waals surface area contributed by atoms with Crippen molar-refractivity contribution in [2.45, 2.75) is 24.9 Å². The van der Waals surface area contributed by atoms with Crippen LogP contribution in [0.5, 0.6) is 0 Å². The summed E-state index contributed by atoms with van der Waals surface area (Å²) in [6.07, 6.45) is 2.79. The van der Waals surface area contributed by atoms with Crippen molar-refractivity contribution in [1.29, 1.82) is 0 Å². The van der Waals surface area contributed by atoms with Gasteiger partial charge in [-0.2, -0.15) is 0 Å². The zero-order chi connectivity index (χ0) is 15.7. The fraction of sp³-hybridized carbons (Fsp3) is 0.333. The molecule has 0 aliphatic carbocycles. The lowest BCUT2D eigenvalue weighted by Gasteiger charge is -2.29. The van der Waals surface area contributed by atoms with E-state index in [1.165, 1.54) is 29.1 Å². The van der Waals surface area contributed by atoms with Crippen molar-refractivity contribution in [2.24, 2.45) is 0 Å². The smallest absolute Gasteiger partial charge is 0.261 e. The molecule has 7 heteroatoms. The zero-order valence-electron chi connectivity index (χ0n) is 11.7. The topological polar surface area (TPSA) is 81.1 Å². The second-order valence-electron chi connectivity index (χ2n) is 5.33. The second-order valence-corrected chi connectivity index (χ2v) is 5.33. The van der Waals surface area contributed by atoms with Gasteiger partial charge in [-0.1, -0.05) is 0 Å². The summed E-state index contributed by atoms with van der Waals surface area (Å²) in [5.41, 5.74) is 0.0796. The van der Waals surface area contributed by atoms with Crippen LogP contribution in [-0.4, -0.2) is 34.2 Å². The van der Waals surface area contributed by atoms with Gasteiger partial charge in [-0.05, 0) is 25.0 Å². The monoisotopic (exact) mass is 303 g/mol. The third kappa shape index (κ3) is 2.55. The van der Waals surface area contributed by atoms with Crippen LogP contribution in [0, 0.1) is 5.82 Å². The minimum absolute atomic E-state index is 0.148. The number of hydrogen-bond acceptors (Lipinski definition) is 5. The Hall–Kier alpha value is -2.41. The number of fused-ring (bicyclic) bond motifs is 1. The summed E-state index contributed by atoms with van der Waals surface area (Å²) in [7, 11) is 0. The van der Waals surface area contributed by atoms with Gasteiger partial charge in [0.05, 0.1) is 29.3 Å². The minimum atomic E-state index is -0.480. The third-order valence-corrected chi connectivity index (χ3v) is 3.99. The number of nitrogens with zero attached hydrogens (tertiary/aromatic N) is 2. The van der Waals surface area contributed by atoms with Gasteiger partial charge >= 0.3 is 0 Å². The molecule has 2 heterocycles. The van der Waals surface area contributed by atoms with Crippen molar-refractivity contribution in [1.82, 2.24) is 14.9 Å². The lowest BCUT2D eigenvalue weighted by Crippen LogP contribution is -2.46. The summed E-state index contributed by atoms with van der Waals surface area (Å²) < 4.78 is 14.7. The van der Waals surface area contributed by atoms with Crippen molar-refractivity contribution in [3.63, 3.8) is 0 Å². The molecule has 1 aromatic heterocycles. The number of aldehydes is 1. The summed E-state index contributed by atoms with van der Waals surface area (Å²) in [6, 6.07) is 3.25. The van der Waals surface area contributed by atoms with Crippen molar-refractivity contribution in [3.05, 3.63) is 40.7 Å². The predicted octanol–water partition coefficient (Wildman–Crippen LogP) is 0.597. The average Bonchev–Trinajstić information content (AvgIpc) is 2.54. The average molecular weight is 303 g/mol. The Morgan fingerprint density at radius 1 is 1.41 bits per heavy atom. The number of halogens is 1. The first kappa shape index (κ1) is 14.5.